The van der Waals surface area contributed by atoms with Crippen molar-refractivity contribution in [3.8, 4) is 6.07 Å². The zero-order valence-corrected chi connectivity index (χ0v) is 18.0. The maximum absolute atomic E-state index is 12.9. The molecular formula is C23H15N5O4S. The molecule has 1 aliphatic rings. The molecule has 162 valence electrons. The molecule has 9 nitrogen and oxygen atoms in total. The molecule has 0 unspecified atom stereocenters. The summed E-state index contributed by atoms with van der Waals surface area (Å²) in [5.41, 5.74) is 1.04. The van der Waals surface area contributed by atoms with Crippen molar-refractivity contribution in [3.05, 3.63) is 88.1 Å². The largest absolute Gasteiger partial charge is 0.321 e. The van der Waals surface area contributed by atoms with Gasteiger partial charge in [-0.25, -0.2) is 9.88 Å². The lowest BCUT2D eigenvalue weighted by atomic mass is 10.0. The fraction of sp³-hybridized carbons (Fsp3) is 0.0435. The molecule has 0 atom stereocenters. The number of rotatable bonds is 5. The van der Waals surface area contributed by atoms with E-state index in [1.165, 1.54) is 36.5 Å². The number of hydrogen-bond donors (Lipinski definition) is 2. The first-order valence-electron chi connectivity index (χ1n) is 9.61. The molecule has 2 aromatic carbocycles. The number of imide groups is 1. The first-order valence-corrected chi connectivity index (χ1v) is 10.5. The summed E-state index contributed by atoms with van der Waals surface area (Å²) in [4.78, 5) is 55.7. The number of benzene rings is 2. The van der Waals surface area contributed by atoms with Crippen molar-refractivity contribution in [3.63, 3.8) is 0 Å². The van der Waals surface area contributed by atoms with E-state index in [9.17, 15) is 19.2 Å². The summed E-state index contributed by atoms with van der Waals surface area (Å²) in [6.45, 7) is 1.48. The summed E-state index contributed by atoms with van der Waals surface area (Å²) in [5, 5.41) is 16.3. The van der Waals surface area contributed by atoms with Crippen LogP contribution in [0.2, 0.25) is 0 Å². The van der Waals surface area contributed by atoms with E-state index in [1.807, 2.05) is 0 Å². The van der Waals surface area contributed by atoms with Crippen LogP contribution in [0, 0.1) is 11.3 Å². The Kier molecular flexibility index (Phi) is 5.80. The molecule has 0 fully saturated rings. The van der Waals surface area contributed by atoms with E-state index < -0.39 is 23.6 Å². The minimum absolute atomic E-state index is 0.0631. The minimum Gasteiger partial charge on any atom is -0.321 e. The number of thiazole rings is 1. The van der Waals surface area contributed by atoms with Gasteiger partial charge >= 0.3 is 0 Å². The topological polar surface area (TPSA) is 132 Å². The van der Waals surface area contributed by atoms with E-state index in [4.69, 9.17) is 5.26 Å². The smallest absolute Gasteiger partial charge is 0.265 e. The molecule has 0 aliphatic carbocycles. The van der Waals surface area contributed by atoms with Gasteiger partial charge in [0.15, 0.2) is 5.13 Å². The van der Waals surface area contributed by atoms with Crippen molar-refractivity contribution in [1.29, 1.82) is 5.26 Å². The average Bonchev–Trinajstić information content (AvgIpc) is 3.40. The average molecular weight is 457 g/mol. The number of anilines is 2. The van der Waals surface area contributed by atoms with E-state index in [2.05, 4.69) is 15.6 Å². The number of nitriles is 1. The van der Waals surface area contributed by atoms with E-state index >= 15 is 0 Å². The van der Waals surface area contributed by atoms with Crippen molar-refractivity contribution in [1.82, 2.24) is 9.88 Å². The number of aromatic nitrogens is 1. The Morgan fingerprint density at radius 2 is 1.82 bits per heavy atom. The van der Waals surface area contributed by atoms with Crippen LogP contribution >= 0.6 is 11.3 Å². The molecule has 2 heterocycles. The minimum atomic E-state index is -0.614. The highest BCUT2D eigenvalue weighted by atomic mass is 32.1. The number of fused-ring (bicyclic) bond motifs is 1. The van der Waals surface area contributed by atoms with Crippen LogP contribution < -0.4 is 10.6 Å². The fourth-order valence-corrected chi connectivity index (χ4v) is 3.82. The highest BCUT2D eigenvalue weighted by molar-refractivity contribution is 7.13. The Morgan fingerprint density at radius 3 is 2.55 bits per heavy atom. The van der Waals surface area contributed by atoms with Gasteiger partial charge in [-0.3, -0.25) is 24.5 Å². The van der Waals surface area contributed by atoms with Gasteiger partial charge in [0.05, 0.1) is 28.4 Å². The standard InChI is InChI=1S/C23H15N5O4S/c1-13(8-9-24)28-21(31)15-7-6-14(12-17(15)22(28)32)19(29)26-18-5-3-2-4-16(18)20(30)27-23-25-10-11-33-23/h2-8,10-12H,1H3,(H,26,29)(H,25,27,30)/b13-8+. The summed E-state index contributed by atoms with van der Waals surface area (Å²) in [6.07, 6.45) is 2.66. The van der Waals surface area contributed by atoms with Gasteiger partial charge in [-0.1, -0.05) is 12.1 Å². The van der Waals surface area contributed by atoms with E-state index in [0.29, 0.717) is 5.13 Å². The van der Waals surface area contributed by atoms with E-state index in [0.717, 1.165) is 11.0 Å². The number of carbonyl (C=O) groups is 4. The summed E-state index contributed by atoms with van der Waals surface area (Å²) < 4.78 is 0. The van der Waals surface area contributed by atoms with Gasteiger partial charge in [0.2, 0.25) is 0 Å². The van der Waals surface area contributed by atoms with Crippen molar-refractivity contribution in [2.75, 3.05) is 10.6 Å². The zero-order valence-electron chi connectivity index (χ0n) is 17.2. The molecule has 4 rings (SSSR count). The molecule has 0 bridgehead atoms. The first kappa shape index (κ1) is 21.6. The van der Waals surface area contributed by atoms with Crippen molar-refractivity contribution >= 4 is 45.8 Å². The summed E-state index contributed by atoms with van der Waals surface area (Å²) >= 11 is 1.26. The van der Waals surface area contributed by atoms with Crippen molar-refractivity contribution in [2.24, 2.45) is 0 Å². The molecule has 10 heteroatoms. The van der Waals surface area contributed by atoms with Crippen LogP contribution in [0.3, 0.4) is 0 Å². The predicted molar refractivity (Wildman–Crippen MR) is 121 cm³/mol. The summed E-state index contributed by atoms with van der Waals surface area (Å²) in [5.74, 6) is -2.17. The van der Waals surface area contributed by atoms with Gasteiger partial charge in [0.25, 0.3) is 23.6 Å². The van der Waals surface area contributed by atoms with Gasteiger partial charge < -0.3 is 5.32 Å². The molecule has 1 aromatic heterocycles. The maximum Gasteiger partial charge on any atom is 0.265 e. The number of nitrogens with zero attached hydrogens (tertiary/aromatic N) is 3. The number of nitrogens with one attached hydrogen (secondary N) is 2. The van der Waals surface area contributed by atoms with Crippen molar-refractivity contribution in [2.45, 2.75) is 6.92 Å². The third kappa shape index (κ3) is 4.13. The van der Waals surface area contributed by atoms with Crippen LogP contribution in [-0.4, -0.2) is 33.5 Å². The molecule has 2 N–H and O–H groups in total. The Bertz CT molecular complexity index is 1370. The lowest BCUT2D eigenvalue weighted by Crippen LogP contribution is -2.27. The molecule has 1 aliphatic heterocycles. The Labute approximate surface area is 192 Å². The van der Waals surface area contributed by atoms with Crippen LogP contribution in [0.4, 0.5) is 10.8 Å². The zero-order chi connectivity index (χ0) is 23.5. The molecule has 3 aromatic rings. The third-order valence-electron chi connectivity index (χ3n) is 4.85. The Morgan fingerprint density at radius 1 is 1.06 bits per heavy atom. The Hall–Kier alpha value is -4.62. The van der Waals surface area contributed by atoms with Crippen LogP contribution in [0.25, 0.3) is 0 Å². The highest BCUT2D eigenvalue weighted by Crippen LogP contribution is 2.27. The second-order valence-corrected chi connectivity index (χ2v) is 7.81. The predicted octanol–water partition coefficient (Wildman–Crippen LogP) is 3.67. The molecule has 0 saturated carbocycles. The highest BCUT2D eigenvalue weighted by Gasteiger charge is 2.37. The number of amides is 4. The van der Waals surface area contributed by atoms with E-state index in [-0.39, 0.29) is 33.6 Å². The van der Waals surface area contributed by atoms with Crippen LogP contribution in [0.5, 0.6) is 0 Å². The van der Waals surface area contributed by atoms with Gasteiger partial charge in [-0.2, -0.15) is 5.26 Å². The number of para-hydroxylation sites is 1. The van der Waals surface area contributed by atoms with Gasteiger partial charge in [0, 0.05) is 28.9 Å². The number of hydrogen-bond acceptors (Lipinski definition) is 7. The third-order valence-corrected chi connectivity index (χ3v) is 5.54. The van der Waals surface area contributed by atoms with Crippen molar-refractivity contribution < 1.29 is 19.2 Å². The lowest BCUT2D eigenvalue weighted by molar-refractivity contribution is 0.0704. The molecule has 0 radical (unpaired) electrons. The monoisotopic (exact) mass is 457 g/mol. The van der Waals surface area contributed by atoms with Crippen LogP contribution in [0.1, 0.15) is 48.4 Å². The second kappa shape index (κ2) is 8.86. The number of carbonyl (C=O) groups excluding carboxylic acids is 4. The normalized spacial score (nSPS) is 12.8. The van der Waals surface area contributed by atoms with E-state index in [1.54, 1.807) is 41.9 Å². The Balaban J connectivity index is 1.58. The lowest BCUT2D eigenvalue weighted by Gasteiger charge is -2.12. The maximum atomic E-state index is 12.9. The van der Waals surface area contributed by atoms with Gasteiger partial charge in [-0.15, -0.1) is 11.3 Å². The second-order valence-electron chi connectivity index (χ2n) is 6.91. The summed E-state index contributed by atoms with van der Waals surface area (Å²) in [7, 11) is 0. The summed E-state index contributed by atoms with van der Waals surface area (Å²) in [6, 6.07) is 12.4. The van der Waals surface area contributed by atoms with Crippen LogP contribution in [0.15, 0.2) is 65.8 Å². The van der Waals surface area contributed by atoms with Gasteiger partial charge in [-0.05, 0) is 37.3 Å². The fourth-order valence-electron chi connectivity index (χ4n) is 3.29. The molecule has 0 saturated heterocycles. The SMILES string of the molecule is C/C(=C\C#N)N1C(=O)c2ccc(C(=O)Nc3ccccc3C(=O)Nc3nccs3)cc2C1=O. The molecular weight excluding hydrogens is 442 g/mol. The molecule has 4 amide bonds. The number of allylic oxidation sites excluding steroid dienone is 2. The molecule has 0 spiro atoms. The molecule has 33 heavy (non-hydrogen) atoms. The van der Waals surface area contributed by atoms with Crippen LogP contribution in [-0.2, 0) is 0 Å². The van der Waals surface area contributed by atoms with Gasteiger partial charge in [0.1, 0.15) is 0 Å². The quantitative estimate of drug-likeness (QED) is 0.444. The first-order chi connectivity index (χ1) is 15.9.